The lowest BCUT2D eigenvalue weighted by Gasteiger charge is -2.20. The number of hydrogen-bond acceptors (Lipinski definition) is 2. The van der Waals surface area contributed by atoms with Gasteiger partial charge in [0.05, 0.1) is 5.38 Å². The fraction of sp³-hybridized carbons (Fsp3) is 0.250. The van der Waals surface area contributed by atoms with Crippen molar-refractivity contribution in [3.8, 4) is 11.5 Å². The van der Waals surface area contributed by atoms with Gasteiger partial charge in [-0.05, 0) is 30.2 Å². The van der Waals surface area contributed by atoms with Crippen LogP contribution in [0.4, 0.5) is 0 Å². The zero-order valence-electron chi connectivity index (χ0n) is 10.7. The van der Waals surface area contributed by atoms with E-state index in [-0.39, 0.29) is 5.38 Å². The van der Waals surface area contributed by atoms with E-state index in [1.807, 2.05) is 30.3 Å². The fourth-order valence-electron chi connectivity index (χ4n) is 2.24. The molecule has 19 heavy (non-hydrogen) atoms. The van der Waals surface area contributed by atoms with Gasteiger partial charge in [0.1, 0.15) is 13.2 Å². The van der Waals surface area contributed by atoms with Gasteiger partial charge in [-0.1, -0.05) is 35.9 Å². The van der Waals surface area contributed by atoms with E-state index in [0.717, 1.165) is 22.6 Å². The lowest BCUT2D eigenvalue weighted by Crippen LogP contribution is -2.15. The van der Waals surface area contributed by atoms with Gasteiger partial charge in [-0.15, -0.1) is 11.6 Å². The molecular formula is C16H15ClO2. The van der Waals surface area contributed by atoms with Crippen LogP contribution >= 0.6 is 11.6 Å². The number of ether oxygens (including phenoxy) is 2. The Kier molecular flexibility index (Phi) is 3.34. The maximum Gasteiger partial charge on any atom is 0.161 e. The quantitative estimate of drug-likeness (QED) is 0.768. The second-order valence-electron chi connectivity index (χ2n) is 4.68. The monoisotopic (exact) mass is 274 g/mol. The van der Waals surface area contributed by atoms with E-state index in [1.54, 1.807) is 0 Å². The number of halogens is 1. The molecule has 0 radical (unpaired) electrons. The van der Waals surface area contributed by atoms with E-state index in [4.69, 9.17) is 21.1 Å². The number of alkyl halides is 1. The molecule has 1 aliphatic rings. The SMILES string of the molecule is Cc1cccc(C(Cl)c2ccc3c(c2)OCCO3)c1. The van der Waals surface area contributed by atoms with Gasteiger partial charge in [-0.3, -0.25) is 0 Å². The van der Waals surface area contributed by atoms with Crippen LogP contribution in [0.2, 0.25) is 0 Å². The summed E-state index contributed by atoms with van der Waals surface area (Å²) in [5.74, 6) is 1.57. The van der Waals surface area contributed by atoms with Crippen molar-refractivity contribution in [2.75, 3.05) is 13.2 Å². The average molecular weight is 275 g/mol. The van der Waals surface area contributed by atoms with Crippen molar-refractivity contribution in [2.24, 2.45) is 0 Å². The number of hydrogen-bond donors (Lipinski definition) is 0. The molecule has 0 aliphatic carbocycles. The smallest absolute Gasteiger partial charge is 0.161 e. The zero-order valence-corrected chi connectivity index (χ0v) is 11.5. The first-order chi connectivity index (χ1) is 9.24. The molecule has 2 nitrogen and oxygen atoms in total. The molecule has 2 aromatic carbocycles. The first-order valence-electron chi connectivity index (χ1n) is 6.34. The third-order valence-corrected chi connectivity index (χ3v) is 3.70. The Morgan fingerprint density at radius 3 is 2.47 bits per heavy atom. The van der Waals surface area contributed by atoms with Crippen LogP contribution in [0.5, 0.6) is 11.5 Å². The Hall–Kier alpha value is -1.67. The summed E-state index contributed by atoms with van der Waals surface area (Å²) in [6.07, 6.45) is 0. The molecule has 0 N–H and O–H groups in total. The van der Waals surface area contributed by atoms with Crippen LogP contribution in [0.25, 0.3) is 0 Å². The maximum absolute atomic E-state index is 6.55. The van der Waals surface area contributed by atoms with Crippen molar-refractivity contribution in [3.05, 3.63) is 59.2 Å². The molecule has 1 heterocycles. The minimum Gasteiger partial charge on any atom is -0.486 e. The summed E-state index contributed by atoms with van der Waals surface area (Å²) >= 11 is 6.55. The summed E-state index contributed by atoms with van der Waals surface area (Å²) in [7, 11) is 0. The summed E-state index contributed by atoms with van der Waals surface area (Å²) in [6.45, 7) is 3.26. The number of fused-ring (bicyclic) bond motifs is 1. The molecule has 0 amide bonds. The van der Waals surface area contributed by atoms with Crippen LogP contribution in [0.15, 0.2) is 42.5 Å². The normalized spacial score (nSPS) is 15.1. The summed E-state index contributed by atoms with van der Waals surface area (Å²) in [5.41, 5.74) is 3.33. The number of benzene rings is 2. The Morgan fingerprint density at radius 2 is 1.68 bits per heavy atom. The van der Waals surface area contributed by atoms with Crippen molar-refractivity contribution in [2.45, 2.75) is 12.3 Å². The van der Waals surface area contributed by atoms with Gasteiger partial charge >= 0.3 is 0 Å². The molecule has 98 valence electrons. The predicted octanol–water partition coefficient (Wildman–Crippen LogP) is 4.09. The lowest BCUT2D eigenvalue weighted by atomic mass is 10.0. The highest BCUT2D eigenvalue weighted by atomic mass is 35.5. The molecular weight excluding hydrogens is 260 g/mol. The van der Waals surface area contributed by atoms with E-state index >= 15 is 0 Å². The number of rotatable bonds is 2. The van der Waals surface area contributed by atoms with Gasteiger partial charge in [0.25, 0.3) is 0 Å². The number of aryl methyl sites for hydroxylation is 1. The topological polar surface area (TPSA) is 18.5 Å². The third kappa shape index (κ3) is 2.54. The van der Waals surface area contributed by atoms with Gasteiger partial charge in [0.15, 0.2) is 11.5 Å². The molecule has 0 fully saturated rings. The van der Waals surface area contributed by atoms with E-state index in [2.05, 4.69) is 19.1 Å². The highest BCUT2D eigenvalue weighted by Gasteiger charge is 2.16. The molecule has 0 saturated heterocycles. The van der Waals surface area contributed by atoms with Gasteiger partial charge < -0.3 is 9.47 Å². The molecule has 2 aromatic rings. The largest absolute Gasteiger partial charge is 0.486 e. The van der Waals surface area contributed by atoms with Crippen LogP contribution in [0.1, 0.15) is 22.1 Å². The lowest BCUT2D eigenvalue weighted by molar-refractivity contribution is 0.171. The maximum atomic E-state index is 6.55. The second-order valence-corrected chi connectivity index (χ2v) is 5.12. The minimum absolute atomic E-state index is 0.171. The van der Waals surface area contributed by atoms with Crippen molar-refractivity contribution < 1.29 is 9.47 Å². The minimum atomic E-state index is -0.171. The van der Waals surface area contributed by atoms with Crippen LogP contribution < -0.4 is 9.47 Å². The average Bonchev–Trinajstić information content (AvgIpc) is 2.46. The molecule has 3 rings (SSSR count). The molecule has 1 unspecified atom stereocenters. The summed E-state index contributed by atoms with van der Waals surface area (Å²) in [6, 6.07) is 14.1. The Balaban J connectivity index is 1.93. The van der Waals surface area contributed by atoms with Crippen LogP contribution in [0, 0.1) is 6.92 Å². The second kappa shape index (κ2) is 5.14. The van der Waals surface area contributed by atoms with Gasteiger partial charge in [0, 0.05) is 0 Å². The van der Waals surface area contributed by atoms with Crippen molar-refractivity contribution in [1.82, 2.24) is 0 Å². The highest BCUT2D eigenvalue weighted by Crippen LogP contribution is 2.36. The van der Waals surface area contributed by atoms with Crippen LogP contribution in [-0.2, 0) is 0 Å². The molecule has 3 heteroatoms. The van der Waals surface area contributed by atoms with E-state index in [0.29, 0.717) is 13.2 Å². The summed E-state index contributed by atoms with van der Waals surface area (Å²) in [5, 5.41) is -0.171. The van der Waals surface area contributed by atoms with Crippen molar-refractivity contribution >= 4 is 11.6 Å². The predicted molar refractivity (Wildman–Crippen MR) is 76.3 cm³/mol. The van der Waals surface area contributed by atoms with E-state index in [1.165, 1.54) is 5.56 Å². The fourth-order valence-corrected chi connectivity index (χ4v) is 2.51. The van der Waals surface area contributed by atoms with Gasteiger partial charge in [-0.25, -0.2) is 0 Å². The summed E-state index contributed by atoms with van der Waals surface area (Å²) in [4.78, 5) is 0. The van der Waals surface area contributed by atoms with E-state index in [9.17, 15) is 0 Å². The molecule has 1 aliphatic heterocycles. The highest BCUT2D eigenvalue weighted by molar-refractivity contribution is 6.22. The standard InChI is InChI=1S/C16H15ClO2/c1-11-3-2-4-12(9-11)16(17)13-5-6-14-15(10-13)19-8-7-18-14/h2-6,9-10,16H,7-8H2,1H3. The van der Waals surface area contributed by atoms with Crippen LogP contribution in [-0.4, -0.2) is 13.2 Å². The molecule has 1 atom stereocenters. The first kappa shape index (κ1) is 12.4. The summed E-state index contributed by atoms with van der Waals surface area (Å²) < 4.78 is 11.1. The first-order valence-corrected chi connectivity index (χ1v) is 6.78. The van der Waals surface area contributed by atoms with Gasteiger partial charge in [0.2, 0.25) is 0 Å². The molecule has 0 aromatic heterocycles. The Labute approximate surface area is 117 Å². The third-order valence-electron chi connectivity index (χ3n) is 3.19. The van der Waals surface area contributed by atoms with Crippen molar-refractivity contribution in [3.63, 3.8) is 0 Å². The van der Waals surface area contributed by atoms with Gasteiger partial charge in [-0.2, -0.15) is 0 Å². The molecule has 0 bridgehead atoms. The van der Waals surface area contributed by atoms with Crippen LogP contribution in [0.3, 0.4) is 0 Å². The van der Waals surface area contributed by atoms with Crippen molar-refractivity contribution in [1.29, 1.82) is 0 Å². The molecule has 0 spiro atoms. The zero-order chi connectivity index (χ0) is 13.2. The molecule has 0 saturated carbocycles. The van der Waals surface area contributed by atoms with E-state index < -0.39 is 0 Å². The Bertz CT molecular complexity index is 595. The Morgan fingerprint density at radius 1 is 0.947 bits per heavy atom.